The molecule has 138 valence electrons. The summed E-state index contributed by atoms with van der Waals surface area (Å²) in [6.45, 7) is 3.92. The van der Waals surface area contributed by atoms with Crippen molar-refractivity contribution in [1.29, 1.82) is 0 Å². The Kier molecular flexibility index (Phi) is 5.32. The van der Waals surface area contributed by atoms with Crippen molar-refractivity contribution in [2.75, 3.05) is 26.7 Å². The predicted octanol–water partition coefficient (Wildman–Crippen LogP) is 2.17. The molecule has 0 amide bonds. The van der Waals surface area contributed by atoms with E-state index in [-0.39, 0.29) is 0 Å². The first-order valence-electron chi connectivity index (χ1n) is 9.40. The largest absolute Gasteiger partial charge is 0.472 e. The molecule has 6 nitrogen and oxygen atoms in total. The summed E-state index contributed by atoms with van der Waals surface area (Å²) in [6, 6.07) is 11.0. The first kappa shape index (κ1) is 17.2. The van der Waals surface area contributed by atoms with Gasteiger partial charge in [-0.3, -0.25) is 0 Å². The smallest absolute Gasteiger partial charge is 0.320 e. The second kappa shape index (κ2) is 8.01. The van der Waals surface area contributed by atoms with E-state index in [2.05, 4.69) is 39.4 Å². The number of ether oxygens (including phenoxy) is 2. The van der Waals surface area contributed by atoms with Gasteiger partial charge >= 0.3 is 6.01 Å². The topological polar surface area (TPSA) is 59.5 Å². The Morgan fingerprint density at radius 2 is 2.08 bits per heavy atom. The van der Waals surface area contributed by atoms with Crippen molar-refractivity contribution in [3.63, 3.8) is 0 Å². The average Bonchev–Trinajstić information content (AvgIpc) is 3.10. The maximum atomic E-state index is 6.05. The number of hydrogen-bond acceptors (Lipinski definition) is 6. The zero-order valence-corrected chi connectivity index (χ0v) is 15.3. The lowest BCUT2D eigenvalue weighted by Crippen LogP contribution is -2.31. The molecule has 1 aromatic heterocycles. The van der Waals surface area contributed by atoms with Crippen LogP contribution < -0.4 is 14.8 Å². The first-order valence-corrected chi connectivity index (χ1v) is 9.40. The van der Waals surface area contributed by atoms with Crippen molar-refractivity contribution in [3.8, 4) is 11.9 Å². The highest BCUT2D eigenvalue weighted by Crippen LogP contribution is 2.26. The maximum absolute atomic E-state index is 6.05. The second-order valence-corrected chi connectivity index (χ2v) is 7.03. The third-order valence-electron chi connectivity index (χ3n) is 5.17. The summed E-state index contributed by atoms with van der Waals surface area (Å²) >= 11 is 0. The van der Waals surface area contributed by atoms with Crippen LogP contribution in [0.4, 0.5) is 0 Å². The molecule has 2 aliphatic heterocycles. The molecule has 2 aliphatic rings. The van der Waals surface area contributed by atoms with E-state index < -0.39 is 0 Å². The van der Waals surface area contributed by atoms with E-state index in [4.69, 9.17) is 9.47 Å². The van der Waals surface area contributed by atoms with Gasteiger partial charge in [0.05, 0.1) is 5.69 Å². The van der Waals surface area contributed by atoms with Gasteiger partial charge in [0.2, 0.25) is 5.88 Å². The van der Waals surface area contributed by atoms with Gasteiger partial charge in [0.25, 0.3) is 0 Å². The van der Waals surface area contributed by atoms with Gasteiger partial charge in [0.1, 0.15) is 13.2 Å². The number of nitrogens with one attached hydrogen (secondary N) is 1. The fourth-order valence-electron chi connectivity index (χ4n) is 3.57. The van der Waals surface area contributed by atoms with E-state index in [1.807, 2.05) is 18.2 Å². The number of benzene rings is 1. The Bertz CT molecular complexity index is 738. The van der Waals surface area contributed by atoms with E-state index in [9.17, 15) is 0 Å². The summed E-state index contributed by atoms with van der Waals surface area (Å²) in [6.07, 6.45) is 3.27. The molecule has 0 aliphatic carbocycles. The SMILES string of the molecule is CN1CCC[C@H]1COc1nc2c(c(OCc3ccccc3)n1)CCNC2. The zero-order valence-electron chi connectivity index (χ0n) is 15.3. The van der Waals surface area contributed by atoms with Gasteiger partial charge < -0.3 is 19.7 Å². The number of nitrogens with zero attached hydrogens (tertiary/aromatic N) is 3. The predicted molar refractivity (Wildman–Crippen MR) is 99.4 cm³/mol. The van der Waals surface area contributed by atoms with Gasteiger partial charge in [-0.05, 0) is 45.0 Å². The van der Waals surface area contributed by atoms with Gasteiger partial charge in [-0.1, -0.05) is 30.3 Å². The van der Waals surface area contributed by atoms with Crippen LogP contribution in [0.25, 0.3) is 0 Å². The third kappa shape index (κ3) is 3.97. The minimum absolute atomic E-state index is 0.427. The molecule has 0 radical (unpaired) electrons. The van der Waals surface area contributed by atoms with E-state index >= 15 is 0 Å². The highest BCUT2D eigenvalue weighted by atomic mass is 16.5. The van der Waals surface area contributed by atoms with Crippen molar-refractivity contribution < 1.29 is 9.47 Å². The Morgan fingerprint density at radius 3 is 2.88 bits per heavy atom. The van der Waals surface area contributed by atoms with E-state index in [0.29, 0.717) is 31.1 Å². The summed E-state index contributed by atoms with van der Waals surface area (Å²) < 4.78 is 12.0. The molecule has 1 N–H and O–H groups in total. The Hall–Kier alpha value is -2.18. The highest BCUT2D eigenvalue weighted by molar-refractivity contribution is 5.34. The lowest BCUT2D eigenvalue weighted by molar-refractivity contribution is 0.183. The lowest BCUT2D eigenvalue weighted by Gasteiger charge is -2.22. The van der Waals surface area contributed by atoms with E-state index in [0.717, 1.165) is 42.9 Å². The van der Waals surface area contributed by atoms with E-state index in [1.165, 1.54) is 12.8 Å². The van der Waals surface area contributed by atoms with Crippen molar-refractivity contribution in [2.45, 2.75) is 38.5 Å². The molecule has 4 rings (SSSR count). The number of likely N-dealkylation sites (tertiary alicyclic amines) is 1. The van der Waals surface area contributed by atoms with Crippen molar-refractivity contribution in [3.05, 3.63) is 47.2 Å². The third-order valence-corrected chi connectivity index (χ3v) is 5.17. The summed E-state index contributed by atoms with van der Waals surface area (Å²) in [7, 11) is 2.15. The van der Waals surface area contributed by atoms with Crippen molar-refractivity contribution in [1.82, 2.24) is 20.2 Å². The van der Waals surface area contributed by atoms with Gasteiger partial charge in [-0.2, -0.15) is 9.97 Å². The summed E-state index contributed by atoms with van der Waals surface area (Å²) in [5.41, 5.74) is 3.22. The molecule has 3 heterocycles. The Balaban J connectivity index is 1.49. The molecule has 26 heavy (non-hydrogen) atoms. The number of likely N-dealkylation sites (N-methyl/N-ethyl adjacent to an activating group) is 1. The lowest BCUT2D eigenvalue weighted by atomic mass is 10.1. The van der Waals surface area contributed by atoms with Gasteiger partial charge in [0.15, 0.2) is 0 Å². The molecule has 1 fully saturated rings. The molecule has 0 unspecified atom stereocenters. The fraction of sp³-hybridized carbons (Fsp3) is 0.500. The first-order chi connectivity index (χ1) is 12.8. The number of hydrogen-bond donors (Lipinski definition) is 1. The molecular weight excluding hydrogens is 328 g/mol. The van der Waals surface area contributed by atoms with Crippen LogP contribution in [0.2, 0.25) is 0 Å². The fourth-order valence-corrected chi connectivity index (χ4v) is 3.57. The maximum Gasteiger partial charge on any atom is 0.320 e. The highest BCUT2D eigenvalue weighted by Gasteiger charge is 2.23. The summed E-state index contributed by atoms with van der Waals surface area (Å²) in [4.78, 5) is 11.5. The number of rotatable bonds is 6. The Morgan fingerprint density at radius 1 is 1.19 bits per heavy atom. The van der Waals surface area contributed by atoms with Crippen LogP contribution in [0.15, 0.2) is 30.3 Å². The monoisotopic (exact) mass is 354 g/mol. The molecule has 0 bridgehead atoms. The molecule has 2 aromatic rings. The molecule has 1 saturated heterocycles. The molecule has 6 heteroatoms. The standard InChI is InChI=1S/C20H26N4O2/c1-24-11-5-8-16(24)14-26-20-22-18-12-21-10-9-17(18)19(23-20)25-13-15-6-3-2-4-7-15/h2-4,6-7,16,21H,5,8-14H2,1H3/t16-/m0/s1. The quantitative estimate of drug-likeness (QED) is 0.858. The second-order valence-electron chi connectivity index (χ2n) is 7.03. The minimum Gasteiger partial charge on any atom is -0.472 e. The summed E-state index contributed by atoms with van der Waals surface area (Å²) in [5, 5.41) is 3.36. The molecule has 0 spiro atoms. The van der Waals surface area contributed by atoms with Crippen LogP contribution in [0.1, 0.15) is 29.7 Å². The number of fused-ring (bicyclic) bond motifs is 1. The molecule has 1 atom stereocenters. The normalized spacial score (nSPS) is 20.0. The van der Waals surface area contributed by atoms with Gasteiger partial charge in [-0.25, -0.2) is 0 Å². The van der Waals surface area contributed by atoms with Crippen LogP contribution in [-0.2, 0) is 19.6 Å². The zero-order chi connectivity index (χ0) is 17.8. The van der Waals surface area contributed by atoms with Crippen LogP contribution in [0, 0.1) is 0 Å². The van der Waals surface area contributed by atoms with Crippen LogP contribution in [-0.4, -0.2) is 47.7 Å². The average molecular weight is 354 g/mol. The van der Waals surface area contributed by atoms with Crippen molar-refractivity contribution in [2.24, 2.45) is 0 Å². The van der Waals surface area contributed by atoms with Crippen LogP contribution >= 0.6 is 0 Å². The van der Waals surface area contributed by atoms with Gasteiger partial charge in [0, 0.05) is 18.2 Å². The van der Waals surface area contributed by atoms with Crippen LogP contribution in [0.5, 0.6) is 11.9 Å². The van der Waals surface area contributed by atoms with E-state index in [1.54, 1.807) is 0 Å². The number of aromatic nitrogens is 2. The minimum atomic E-state index is 0.427. The van der Waals surface area contributed by atoms with Gasteiger partial charge in [-0.15, -0.1) is 0 Å². The van der Waals surface area contributed by atoms with Crippen LogP contribution in [0.3, 0.4) is 0 Å². The summed E-state index contributed by atoms with van der Waals surface area (Å²) in [5.74, 6) is 0.662. The molecule has 1 aromatic carbocycles. The molecular formula is C20H26N4O2. The Labute approximate surface area is 154 Å². The van der Waals surface area contributed by atoms with Crippen molar-refractivity contribution >= 4 is 0 Å². The molecule has 0 saturated carbocycles.